The van der Waals surface area contributed by atoms with Gasteiger partial charge in [-0.1, -0.05) is 20.8 Å². The standard InChI is InChI=1S/C21H27F3N4O2/c1-21(2,3)17(11-29)25-20(30)18-16-10-27(4)6-5-7-28(16)19(26-18)12-8-14(23)15(24)9-13(12)22/h8-9,17,29H,5-7,10-11H2,1-4H3,(H,25,30)/t17-/m0/s1. The van der Waals surface area contributed by atoms with Gasteiger partial charge < -0.3 is 19.9 Å². The molecule has 0 saturated carbocycles. The van der Waals surface area contributed by atoms with Gasteiger partial charge in [0.25, 0.3) is 5.91 Å². The van der Waals surface area contributed by atoms with Crippen molar-refractivity contribution in [1.82, 2.24) is 19.8 Å². The molecule has 3 rings (SSSR count). The van der Waals surface area contributed by atoms with E-state index < -0.39 is 34.8 Å². The molecule has 1 atom stereocenters. The van der Waals surface area contributed by atoms with Gasteiger partial charge in [0.15, 0.2) is 17.3 Å². The highest BCUT2D eigenvalue weighted by Gasteiger charge is 2.31. The normalized spacial score (nSPS) is 16.1. The molecule has 0 saturated heterocycles. The van der Waals surface area contributed by atoms with E-state index in [2.05, 4.69) is 10.3 Å². The van der Waals surface area contributed by atoms with Crippen LogP contribution < -0.4 is 5.32 Å². The molecule has 6 nitrogen and oxygen atoms in total. The maximum absolute atomic E-state index is 14.5. The minimum atomic E-state index is -1.28. The lowest BCUT2D eigenvalue weighted by Gasteiger charge is -2.29. The van der Waals surface area contributed by atoms with Crippen molar-refractivity contribution in [1.29, 1.82) is 0 Å². The fourth-order valence-corrected chi connectivity index (χ4v) is 3.57. The van der Waals surface area contributed by atoms with Crippen LogP contribution in [0.15, 0.2) is 12.1 Å². The Kier molecular flexibility index (Phi) is 6.24. The van der Waals surface area contributed by atoms with Gasteiger partial charge in [-0.25, -0.2) is 18.2 Å². The summed E-state index contributed by atoms with van der Waals surface area (Å²) >= 11 is 0. The smallest absolute Gasteiger partial charge is 0.272 e. The molecule has 1 aromatic carbocycles. The molecule has 2 N–H and O–H groups in total. The lowest BCUT2D eigenvalue weighted by atomic mass is 9.87. The third-order valence-electron chi connectivity index (χ3n) is 5.41. The Hall–Kier alpha value is -2.39. The van der Waals surface area contributed by atoms with Crippen LogP contribution in [0.2, 0.25) is 0 Å². The summed E-state index contributed by atoms with van der Waals surface area (Å²) in [5, 5.41) is 12.5. The van der Waals surface area contributed by atoms with Crippen LogP contribution in [0.5, 0.6) is 0 Å². The molecule has 0 bridgehead atoms. The second kappa shape index (κ2) is 8.39. The highest BCUT2D eigenvalue weighted by molar-refractivity contribution is 5.94. The number of aromatic nitrogens is 2. The van der Waals surface area contributed by atoms with Gasteiger partial charge in [0.1, 0.15) is 11.6 Å². The number of fused-ring (bicyclic) bond motifs is 1. The number of halogens is 3. The third kappa shape index (κ3) is 4.37. The number of hydrogen-bond donors (Lipinski definition) is 2. The Morgan fingerprint density at radius 2 is 1.87 bits per heavy atom. The molecule has 0 radical (unpaired) electrons. The average molecular weight is 424 g/mol. The average Bonchev–Trinajstić information content (AvgIpc) is 2.87. The number of amides is 1. The maximum Gasteiger partial charge on any atom is 0.272 e. The van der Waals surface area contributed by atoms with Gasteiger partial charge in [-0.2, -0.15) is 0 Å². The van der Waals surface area contributed by atoms with Crippen LogP contribution in [0.1, 0.15) is 43.4 Å². The van der Waals surface area contributed by atoms with E-state index in [0.29, 0.717) is 24.8 Å². The number of benzene rings is 1. The van der Waals surface area contributed by atoms with Crippen LogP contribution in [0.25, 0.3) is 11.4 Å². The van der Waals surface area contributed by atoms with Gasteiger partial charge in [0.05, 0.1) is 23.9 Å². The first-order chi connectivity index (χ1) is 14.0. The lowest BCUT2D eigenvalue weighted by molar-refractivity contribution is 0.0841. The Balaban J connectivity index is 2.11. The Morgan fingerprint density at radius 3 is 2.50 bits per heavy atom. The molecule has 0 unspecified atom stereocenters. The van der Waals surface area contributed by atoms with E-state index in [1.807, 2.05) is 32.7 Å². The highest BCUT2D eigenvalue weighted by Crippen LogP contribution is 2.30. The summed E-state index contributed by atoms with van der Waals surface area (Å²) in [5.74, 6) is -3.84. The molecule has 0 aliphatic carbocycles. The lowest BCUT2D eigenvalue weighted by Crippen LogP contribution is -2.46. The molecular weight excluding hydrogens is 397 g/mol. The molecule has 1 aliphatic rings. The van der Waals surface area contributed by atoms with Gasteiger partial charge in [0, 0.05) is 19.2 Å². The fourth-order valence-electron chi connectivity index (χ4n) is 3.57. The van der Waals surface area contributed by atoms with Crippen molar-refractivity contribution >= 4 is 5.91 Å². The van der Waals surface area contributed by atoms with Gasteiger partial charge in [-0.15, -0.1) is 0 Å². The molecule has 0 spiro atoms. The van der Waals surface area contributed by atoms with Crippen molar-refractivity contribution in [3.63, 3.8) is 0 Å². The van der Waals surface area contributed by atoms with Crippen LogP contribution in [-0.2, 0) is 13.1 Å². The minimum absolute atomic E-state index is 0.0816. The van der Waals surface area contributed by atoms with Crippen LogP contribution >= 0.6 is 0 Å². The van der Waals surface area contributed by atoms with Crippen LogP contribution in [-0.4, -0.2) is 51.7 Å². The molecule has 2 heterocycles. The van der Waals surface area contributed by atoms with Crippen LogP contribution in [0.4, 0.5) is 13.2 Å². The summed E-state index contributed by atoms with van der Waals surface area (Å²) in [5.41, 5.74) is 0.0588. The number of hydrogen-bond acceptors (Lipinski definition) is 4. The zero-order valence-electron chi connectivity index (χ0n) is 17.6. The molecular formula is C21H27F3N4O2. The summed E-state index contributed by atoms with van der Waals surface area (Å²) in [7, 11) is 1.90. The molecule has 1 aliphatic heterocycles. The van der Waals surface area contributed by atoms with E-state index in [0.717, 1.165) is 19.0 Å². The van der Waals surface area contributed by atoms with Gasteiger partial charge >= 0.3 is 0 Å². The molecule has 30 heavy (non-hydrogen) atoms. The Morgan fingerprint density at radius 1 is 1.20 bits per heavy atom. The van der Waals surface area contributed by atoms with Gasteiger partial charge in [-0.05, 0) is 31.5 Å². The van der Waals surface area contributed by atoms with Crippen LogP contribution in [0.3, 0.4) is 0 Å². The van der Waals surface area contributed by atoms with Crippen molar-refractivity contribution in [2.75, 3.05) is 20.2 Å². The van der Waals surface area contributed by atoms with E-state index in [-0.39, 0.29) is 23.7 Å². The monoisotopic (exact) mass is 424 g/mol. The SMILES string of the molecule is CN1CCCn2c(-c3cc(F)c(F)cc3F)nc(C(=O)N[C@@H](CO)C(C)(C)C)c2C1. The largest absolute Gasteiger partial charge is 0.394 e. The number of carbonyl (C=O) groups excluding carboxylic acids is 1. The topological polar surface area (TPSA) is 70.4 Å². The fraction of sp³-hybridized carbons (Fsp3) is 0.524. The summed E-state index contributed by atoms with van der Waals surface area (Å²) in [6.45, 7) is 7.00. The summed E-state index contributed by atoms with van der Waals surface area (Å²) in [6, 6.07) is 0.729. The second-order valence-electron chi connectivity index (χ2n) is 8.79. The van der Waals surface area contributed by atoms with Crippen LogP contribution in [0, 0.1) is 22.9 Å². The first-order valence-corrected chi connectivity index (χ1v) is 9.87. The number of imidazole rings is 1. The molecule has 2 aromatic rings. The van der Waals surface area contributed by atoms with Crippen molar-refractivity contribution < 1.29 is 23.1 Å². The minimum Gasteiger partial charge on any atom is -0.394 e. The van der Waals surface area contributed by atoms with E-state index >= 15 is 0 Å². The molecule has 1 aromatic heterocycles. The number of nitrogens with one attached hydrogen (secondary N) is 1. The summed E-state index contributed by atoms with van der Waals surface area (Å²) in [6.07, 6.45) is 0.723. The van der Waals surface area contributed by atoms with E-state index in [1.54, 1.807) is 4.57 Å². The molecule has 0 fully saturated rings. The zero-order valence-corrected chi connectivity index (χ0v) is 17.6. The Labute approximate surface area is 173 Å². The van der Waals surface area contributed by atoms with Crippen molar-refractivity contribution in [3.05, 3.63) is 41.0 Å². The predicted molar refractivity (Wildman–Crippen MR) is 106 cm³/mol. The van der Waals surface area contributed by atoms with Crippen molar-refractivity contribution in [3.8, 4) is 11.4 Å². The highest BCUT2D eigenvalue weighted by atomic mass is 19.2. The van der Waals surface area contributed by atoms with E-state index in [4.69, 9.17) is 0 Å². The predicted octanol–water partition coefficient (Wildman–Crippen LogP) is 2.94. The second-order valence-corrected chi connectivity index (χ2v) is 8.79. The summed E-state index contributed by atoms with van der Waals surface area (Å²) in [4.78, 5) is 19.4. The van der Waals surface area contributed by atoms with Crippen molar-refractivity contribution in [2.45, 2.75) is 46.3 Å². The number of nitrogens with zero attached hydrogens (tertiary/aromatic N) is 3. The number of rotatable bonds is 4. The van der Waals surface area contributed by atoms with E-state index in [9.17, 15) is 23.1 Å². The van der Waals surface area contributed by atoms with Gasteiger partial charge in [-0.3, -0.25) is 4.79 Å². The molecule has 164 valence electrons. The number of aliphatic hydroxyl groups is 1. The first-order valence-electron chi connectivity index (χ1n) is 9.87. The summed E-state index contributed by atoms with van der Waals surface area (Å²) < 4.78 is 43.4. The quantitative estimate of drug-likeness (QED) is 0.741. The Bertz CT molecular complexity index is 953. The number of aliphatic hydroxyl groups excluding tert-OH is 1. The zero-order chi connectivity index (χ0) is 22.2. The first kappa shape index (κ1) is 22.3. The molecule has 1 amide bonds. The maximum atomic E-state index is 14.5. The third-order valence-corrected chi connectivity index (χ3v) is 5.41. The van der Waals surface area contributed by atoms with Crippen molar-refractivity contribution in [2.24, 2.45) is 5.41 Å². The molecule has 9 heteroatoms. The number of carbonyl (C=O) groups is 1. The van der Waals surface area contributed by atoms with E-state index in [1.165, 1.54) is 0 Å². The van der Waals surface area contributed by atoms with Gasteiger partial charge in [0.2, 0.25) is 0 Å².